The molecule has 0 radical (unpaired) electrons. The van der Waals surface area contributed by atoms with Gasteiger partial charge in [-0.25, -0.2) is 0 Å². The van der Waals surface area contributed by atoms with Gasteiger partial charge in [-0.15, -0.1) is 0 Å². The van der Waals surface area contributed by atoms with Crippen molar-refractivity contribution in [2.75, 3.05) is 13.2 Å². The molecule has 1 aliphatic carbocycles. The molecule has 0 aromatic heterocycles. The van der Waals surface area contributed by atoms with E-state index in [0.717, 1.165) is 38.7 Å². The van der Waals surface area contributed by atoms with E-state index >= 15 is 0 Å². The Hall–Kier alpha value is -1.10. The van der Waals surface area contributed by atoms with Crippen LogP contribution < -0.4 is 5.32 Å². The van der Waals surface area contributed by atoms with Crippen molar-refractivity contribution in [3.63, 3.8) is 0 Å². The number of carbonyl (C=O) groups excluding carboxylic acids is 2. The van der Waals surface area contributed by atoms with Crippen LogP contribution in [0.25, 0.3) is 0 Å². The summed E-state index contributed by atoms with van der Waals surface area (Å²) in [6.07, 6.45) is 6.15. The second-order valence-corrected chi connectivity index (χ2v) is 6.23. The van der Waals surface area contributed by atoms with Gasteiger partial charge in [0.1, 0.15) is 12.1 Å². The zero-order valence-electron chi connectivity index (χ0n) is 12.1. The number of hydrogen-bond donors (Lipinski definition) is 1. The molecule has 0 spiro atoms. The largest absolute Gasteiger partial charge is 0.376 e. The molecule has 0 bridgehead atoms. The van der Waals surface area contributed by atoms with E-state index in [2.05, 4.69) is 5.32 Å². The summed E-state index contributed by atoms with van der Waals surface area (Å²) in [6, 6.07) is -0.600. The fourth-order valence-corrected chi connectivity index (χ4v) is 3.33. The van der Waals surface area contributed by atoms with Crippen LogP contribution in [0.4, 0.5) is 0 Å². The van der Waals surface area contributed by atoms with Crippen LogP contribution in [0.2, 0.25) is 0 Å². The van der Waals surface area contributed by atoms with Crippen molar-refractivity contribution in [3.8, 4) is 0 Å². The lowest BCUT2D eigenvalue weighted by molar-refractivity contribution is -0.153. The minimum absolute atomic E-state index is 0.0368. The highest BCUT2D eigenvalue weighted by atomic mass is 16.5. The molecule has 5 nitrogen and oxygen atoms in total. The van der Waals surface area contributed by atoms with Crippen molar-refractivity contribution < 1.29 is 14.3 Å². The molecule has 3 atom stereocenters. The number of amides is 2. The van der Waals surface area contributed by atoms with Gasteiger partial charge in [0.15, 0.2) is 0 Å². The van der Waals surface area contributed by atoms with Gasteiger partial charge in [0.25, 0.3) is 0 Å². The summed E-state index contributed by atoms with van der Waals surface area (Å²) in [6.45, 7) is 3.31. The van der Waals surface area contributed by atoms with E-state index in [4.69, 9.17) is 4.74 Å². The molecule has 1 saturated carbocycles. The zero-order valence-corrected chi connectivity index (χ0v) is 12.1. The third-order valence-corrected chi connectivity index (χ3v) is 4.65. The van der Waals surface area contributed by atoms with Crippen LogP contribution >= 0.6 is 0 Å². The van der Waals surface area contributed by atoms with Gasteiger partial charge in [0, 0.05) is 13.2 Å². The first-order valence-electron chi connectivity index (χ1n) is 7.93. The van der Waals surface area contributed by atoms with E-state index in [1.54, 1.807) is 0 Å². The number of piperazine rings is 1. The van der Waals surface area contributed by atoms with Crippen LogP contribution in [0.1, 0.15) is 45.4 Å². The van der Waals surface area contributed by atoms with Gasteiger partial charge in [-0.3, -0.25) is 9.59 Å². The van der Waals surface area contributed by atoms with Crippen molar-refractivity contribution in [2.45, 2.75) is 63.6 Å². The fraction of sp³-hybridized carbons (Fsp3) is 0.867. The molecule has 1 N–H and O–H groups in total. The summed E-state index contributed by atoms with van der Waals surface area (Å²) in [5.74, 6) is 0.480. The maximum Gasteiger partial charge on any atom is 0.245 e. The van der Waals surface area contributed by atoms with Crippen molar-refractivity contribution in [3.05, 3.63) is 0 Å². The van der Waals surface area contributed by atoms with Crippen molar-refractivity contribution >= 4 is 11.8 Å². The minimum Gasteiger partial charge on any atom is -0.376 e. The molecule has 2 saturated heterocycles. The molecular formula is C15H24N2O3. The molecule has 5 heteroatoms. The summed E-state index contributed by atoms with van der Waals surface area (Å²) in [5.41, 5.74) is 0. The van der Waals surface area contributed by atoms with Crippen LogP contribution in [0.3, 0.4) is 0 Å². The van der Waals surface area contributed by atoms with Gasteiger partial charge < -0.3 is 15.0 Å². The second kappa shape index (κ2) is 5.72. The molecule has 3 aliphatic rings. The smallest absolute Gasteiger partial charge is 0.245 e. The highest BCUT2D eigenvalue weighted by molar-refractivity contribution is 5.97. The van der Waals surface area contributed by atoms with Crippen LogP contribution in [-0.4, -0.2) is 48.1 Å². The lowest BCUT2D eigenvalue weighted by atomic mass is 9.99. The Kier molecular flexibility index (Phi) is 3.96. The highest BCUT2D eigenvalue weighted by Gasteiger charge is 2.47. The van der Waals surface area contributed by atoms with Gasteiger partial charge in [-0.2, -0.15) is 0 Å². The zero-order chi connectivity index (χ0) is 14.1. The van der Waals surface area contributed by atoms with E-state index in [1.165, 1.54) is 0 Å². The molecule has 20 heavy (non-hydrogen) atoms. The van der Waals surface area contributed by atoms with E-state index in [1.807, 2.05) is 11.8 Å². The summed E-state index contributed by atoms with van der Waals surface area (Å²) in [5, 5.41) is 2.88. The molecule has 0 aromatic carbocycles. The maximum atomic E-state index is 12.6. The van der Waals surface area contributed by atoms with Gasteiger partial charge >= 0.3 is 0 Å². The lowest BCUT2D eigenvalue weighted by Gasteiger charge is -2.41. The Morgan fingerprint density at radius 2 is 2.05 bits per heavy atom. The lowest BCUT2D eigenvalue weighted by Crippen LogP contribution is -2.65. The van der Waals surface area contributed by atoms with E-state index in [-0.39, 0.29) is 30.0 Å². The monoisotopic (exact) mass is 280 g/mol. The molecule has 0 aromatic rings. The van der Waals surface area contributed by atoms with Crippen molar-refractivity contribution in [1.82, 2.24) is 10.2 Å². The SMILES string of the molecule is CCC1NC(=O)C(C2CC2)N(CC2CCCCO2)C1=O. The predicted octanol–water partition coefficient (Wildman–Crippen LogP) is 1.07. The fourth-order valence-electron chi connectivity index (χ4n) is 3.33. The Bertz CT molecular complexity index is 389. The van der Waals surface area contributed by atoms with Crippen molar-refractivity contribution in [2.24, 2.45) is 5.92 Å². The Morgan fingerprint density at radius 3 is 2.65 bits per heavy atom. The van der Waals surface area contributed by atoms with Crippen molar-refractivity contribution in [1.29, 1.82) is 0 Å². The first-order chi connectivity index (χ1) is 9.70. The highest BCUT2D eigenvalue weighted by Crippen LogP contribution is 2.37. The average molecular weight is 280 g/mol. The van der Waals surface area contributed by atoms with Gasteiger partial charge in [0.2, 0.25) is 11.8 Å². The number of nitrogens with zero attached hydrogens (tertiary/aromatic N) is 1. The first kappa shape index (κ1) is 13.9. The average Bonchev–Trinajstić information content (AvgIpc) is 3.28. The third-order valence-electron chi connectivity index (χ3n) is 4.65. The van der Waals surface area contributed by atoms with E-state index in [0.29, 0.717) is 18.9 Å². The number of rotatable bonds is 4. The minimum atomic E-state index is -0.346. The van der Waals surface area contributed by atoms with Gasteiger partial charge in [0.05, 0.1) is 6.10 Å². The molecule has 3 rings (SSSR count). The van der Waals surface area contributed by atoms with Crippen LogP contribution in [-0.2, 0) is 14.3 Å². The van der Waals surface area contributed by atoms with Gasteiger partial charge in [-0.1, -0.05) is 6.92 Å². The maximum absolute atomic E-state index is 12.6. The Balaban J connectivity index is 1.74. The van der Waals surface area contributed by atoms with E-state index in [9.17, 15) is 9.59 Å². The molecule has 2 amide bonds. The molecule has 3 fully saturated rings. The van der Waals surface area contributed by atoms with E-state index < -0.39 is 0 Å². The first-order valence-corrected chi connectivity index (χ1v) is 7.93. The topological polar surface area (TPSA) is 58.6 Å². The number of ether oxygens (including phenoxy) is 1. The summed E-state index contributed by atoms with van der Waals surface area (Å²) < 4.78 is 5.76. The number of hydrogen-bond acceptors (Lipinski definition) is 3. The summed E-state index contributed by atoms with van der Waals surface area (Å²) in [7, 11) is 0. The van der Waals surface area contributed by atoms with Crippen LogP contribution in [0, 0.1) is 5.92 Å². The number of carbonyl (C=O) groups is 2. The van der Waals surface area contributed by atoms with Crippen LogP contribution in [0.5, 0.6) is 0 Å². The van der Waals surface area contributed by atoms with Gasteiger partial charge in [-0.05, 0) is 44.4 Å². The predicted molar refractivity (Wildman–Crippen MR) is 74.0 cm³/mol. The van der Waals surface area contributed by atoms with Crippen LogP contribution in [0.15, 0.2) is 0 Å². The molecule has 112 valence electrons. The number of nitrogens with one attached hydrogen (secondary N) is 1. The summed E-state index contributed by atoms with van der Waals surface area (Å²) in [4.78, 5) is 26.7. The Morgan fingerprint density at radius 1 is 1.25 bits per heavy atom. The molecule has 2 aliphatic heterocycles. The Labute approximate surface area is 120 Å². The summed E-state index contributed by atoms with van der Waals surface area (Å²) >= 11 is 0. The quantitative estimate of drug-likeness (QED) is 0.838. The second-order valence-electron chi connectivity index (χ2n) is 6.23. The molecule has 3 unspecified atom stereocenters. The third kappa shape index (κ3) is 2.68. The standard InChI is InChI=1S/C15H24N2O3/c1-2-12-15(19)17(9-11-5-3-4-8-20-11)13(10-6-7-10)14(18)16-12/h10-13H,2-9H2,1H3,(H,16,18). The molecular weight excluding hydrogens is 256 g/mol. The molecule has 2 heterocycles. The normalized spacial score (nSPS) is 35.0.